The van der Waals surface area contributed by atoms with Crippen LogP contribution in [0.15, 0.2) is 73.3 Å². The van der Waals surface area contributed by atoms with E-state index in [9.17, 15) is 9.59 Å². The number of nitrogens with zero attached hydrogens (tertiary/aromatic N) is 2. The highest BCUT2D eigenvalue weighted by Gasteiger charge is 2.13. The minimum Gasteiger partial charge on any atom is -0.497 e. The first-order chi connectivity index (χ1) is 16.0. The summed E-state index contributed by atoms with van der Waals surface area (Å²) in [4.78, 5) is 28.8. The van der Waals surface area contributed by atoms with E-state index in [1.54, 1.807) is 45.0 Å². The Morgan fingerprint density at radius 3 is 2.45 bits per heavy atom. The second-order valence-corrected chi connectivity index (χ2v) is 7.72. The Morgan fingerprint density at radius 1 is 1.03 bits per heavy atom. The van der Waals surface area contributed by atoms with Crippen molar-refractivity contribution in [2.24, 2.45) is 0 Å². The number of carbonyl (C=O) groups is 2. The van der Waals surface area contributed by atoms with Gasteiger partial charge in [0.05, 0.1) is 20.5 Å². The summed E-state index contributed by atoms with van der Waals surface area (Å²) < 4.78 is 12.6. The summed E-state index contributed by atoms with van der Waals surface area (Å²) in [5.41, 5.74) is 4.19. The number of aromatic nitrogens is 2. The Balaban J connectivity index is 1.59. The highest BCUT2D eigenvalue weighted by molar-refractivity contribution is 5.99. The molecule has 1 aromatic heterocycles. The van der Waals surface area contributed by atoms with Crippen LogP contribution in [-0.4, -0.2) is 35.5 Å². The van der Waals surface area contributed by atoms with Crippen LogP contribution in [0.1, 0.15) is 33.5 Å². The van der Waals surface area contributed by atoms with Crippen molar-refractivity contribution in [2.75, 3.05) is 14.2 Å². The zero-order valence-electron chi connectivity index (χ0n) is 18.6. The lowest BCUT2D eigenvalue weighted by Gasteiger charge is -2.14. The molecule has 7 heteroatoms. The predicted molar refractivity (Wildman–Crippen MR) is 125 cm³/mol. The highest BCUT2D eigenvalue weighted by atomic mass is 16.5. The van der Waals surface area contributed by atoms with Crippen molar-refractivity contribution in [1.82, 2.24) is 14.9 Å². The number of carbonyl (C=O) groups excluding carboxylic acids is 2. The molecule has 0 radical (unpaired) electrons. The first-order valence-corrected chi connectivity index (χ1v) is 10.6. The molecule has 168 valence electrons. The number of ketones is 1. The van der Waals surface area contributed by atoms with Crippen molar-refractivity contribution in [3.8, 4) is 11.5 Å². The minimum absolute atomic E-state index is 0.0694. The van der Waals surface area contributed by atoms with Crippen LogP contribution in [0.4, 0.5) is 0 Å². The van der Waals surface area contributed by atoms with Crippen molar-refractivity contribution >= 4 is 17.3 Å². The van der Waals surface area contributed by atoms with Gasteiger partial charge >= 0.3 is 0 Å². The first-order valence-electron chi connectivity index (χ1n) is 10.6. The highest BCUT2D eigenvalue weighted by Crippen LogP contribution is 2.25. The lowest BCUT2D eigenvalue weighted by molar-refractivity contribution is -0.113. The van der Waals surface area contributed by atoms with E-state index in [1.807, 2.05) is 47.2 Å². The van der Waals surface area contributed by atoms with Crippen LogP contribution in [0.25, 0.3) is 5.57 Å². The van der Waals surface area contributed by atoms with E-state index >= 15 is 0 Å². The predicted octanol–water partition coefficient (Wildman–Crippen LogP) is 3.79. The Labute approximate surface area is 192 Å². The van der Waals surface area contributed by atoms with Crippen LogP contribution >= 0.6 is 0 Å². The molecular weight excluding hydrogens is 418 g/mol. The molecule has 1 aliphatic carbocycles. The van der Waals surface area contributed by atoms with Crippen LogP contribution < -0.4 is 14.8 Å². The quantitative estimate of drug-likeness (QED) is 0.573. The number of benzene rings is 2. The van der Waals surface area contributed by atoms with Crippen molar-refractivity contribution < 1.29 is 19.1 Å². The number of imidazole rings is 1. The molecule has 3 aromatic rings. The molecule has 0 aliphatic heterocycles. The Hall–Kier alpha value is -4.13. The van der Waals surface area contributed by atoms with Crippen LogP contribution in [0.2, 0.25) is 0 Å². The van der Waals surface area contributed by atoms with Gasteiger partial charge in [0.25, 0.3) is 5.91 Å². The van der Waals surface area contributed by atoms with Gasteiger partial charge in [-0.3, -0.25) is 9.59 Å². The maximum absolute atomic E-state index is 13.1. The molecule has 1 N–H and O–H groups in total. The number of nitrogens with one attached hydrogen (secondary N) is 1. The standard InChI is InChI=1S/C26H25N3O4/c1-32-24-11-18(12-25(14-24)33-2)15-28-26(31)22-10-19(16-29-8-7-27-17-29)9-21(13-22)20-3-5-23(30)6-4-20/h3-5,7-14,17H,6,15-16H2,1-2H3,(H,28,31). The third-order valence-electron chi connectivity index (χ3n) is 5.35. The minimum atomic E-state index is -0.193. The van der Waals surface area contributed by atoms with Crippen molar-refractivity contribution in [1.29, 1.82) is 0 Å². The molecule has 0 unspecified atom stereocenters. The molecule has 2 aromatic carbocycles. The fourth-order valence-corrected chi connectivity index (χ4v) is 3.67. The molecule has 1 aliphatic rings. The van der Waals surface area contributed by atoms with Crippen molar-refractivity contribution in [3.63, 3.8) is 0 Å². The number of allylic oxidation sites excluding steroid dienone is 4. The van der Waals surface area contributed by atoms with Gasteiger partial charge in [0.2, 0.25) is 0 Å². The molecule has 0 atom stereocenters. The van der Waals surface area contributed by atoms with E-state index in [1.165, 1.54) is 0 Å². The Bertz CT molecular complexity index is 1200. The lowest BCUT2D eigenvalue weighted by Crippen LogP contribution is -2.23. The molecule has 33 heavy (non-hydrogen) atoms. The zero-order chi connectivity index (χ0) is 23.2. The summed E-state index contributed by atoms with van der Waals surface area (Å²) in [5.74, 6) is 1.20. The second-order valence-electron chi connectivity index (χ2n) is 7.72. The summed E-state index contributed by atoms with van der Waals surface area (Å²) >= 11 is 0. The molecular formula is C26H25N3O4. The molecule has 1 heterocycles. The van der Waals surface area contributed by atoms with Gasteiger partial charge in [-0.1, -0.05) is 12.2 Å². The molecule has 4 rings (SSSR count). The monoisotopic (exact) mass is 443 g/mol. The summed E-state index contributed by atoms with van der Waals surface area (Å²) in [6.07, 6.45) is 11.0. The molecule has 0 saturated heterocycles. The van der Waals surface area contributed by atoms with Crippen LogP contribution in [0.5, 0.6) is 11.5 Å². The molecule has 0 fully saturated rings. The van der Waals surface area contributed by atoms with Gasteiger partial charge in [0, 0.05) is 43.5 Å². The molecule has 7 nitrogen and oxygen atoms in total. The third-order valence-corrected chi connectivity index (χ3v) is 5.35. The van der Waals surface area contributed by atoms with E-state index in [-0.39, 0.29) is 11.7 Å². The summed E-state index contributed by atoms with van der Waals surface area (Å²) in [6.45, 7) is 0.904. The molecule has 0 spiro atoms. The lowest BCUT2D eigenvalue weighted by atomic mass is 9.95. The van der Waals surface area contributed by atoms with Gasteiger partial charge in [-0.25, -0.2) is 4.98 Å². The van der Waals surface area contributed by atoms with Gasteiger partial charge in [-0.15, -0.1) is 0 Å². The third kappa shape index (κ3) is 5.57. The average molecular weight is 444 g/mol. The van der Waals surface area contributed by atoms with Crippen molar-refractivity contribution in [2.45, 2.75) is 19.5 Å². The topological polar surface area (TPSA) is 82.5 Å². The van der Waals surface area contributed by atoms with Gasteiger partial charge in [-0.2, -0.15) is 0 Å². The van der Waals surface area contributed by atoms with Gasteiger partial charge in [0.15, 0.2) is 5.78 Å². The Morgan fingerprint density at radius 2 is 1.82 bits per heavy atom. The summed E-state index contributed by atoms with van der Waals surface area (Å²) in [5, 5.41) is 2.98. The van der Waals surface area contributed by atoms with Crippen molar-refractivity contribution in [3.05, 3.63) is 95.6 Å². The number of amides is 1. The fraction of sp³-hybridized carbons (Fsp3) is 0.192. The smallest absolute Gasteiger partial charge is 0.251 e. The van der Waals surface area contributed by atoms with E-state index < -0.39 is 0 Å². The van der Waals surface area contributed by atoms with Gasteiger partial charge < -0.3 is 19.4 Å². The number of hydrogen-bond acceptors (Lipinski definition) is 5. The van der Waals surface area contributed by atoms with Gasteiger partial charge in [0.1, 0.15) is 11.5 Å². The summed E-state index contributed by atoms with van der Waals surface area (Å²) in [7, 11) is 3.18. The molecule has 0 bridgehead atoms. The maximum atomic E-state index is 13.1. The average Bonchev–Trinajstić information content (AvgIpc) is 3.35. The van der Waals surface area contributed by atoms with E-state index in [4.69, 9.17) is 9.47 Å². The normalized spacial score (nSPS) is 12.9. The van der Waals surface area contributed by atoms with E-state index in [0.717, 1.165) is 22.3 Å². The van der Waals surface area contributed by atoms with E-state index in [2.05, 4.69) is 10.3 Å². The Kier molecular flexibility index (Phi) is 6.69. The van der Waals surface area contributed by atoms with E-state index in [0.29, 0.717) is 36.6 Å². The molecule has 1 amide bonds. The number of methoxy groups -OCH3 is 2. The second kappa shape index (κ2) is 9.99. The SMILES string of the molecule is COc1cc(CNC(=O)c2cc(Cn3ccnc3)cc(C3=CCC(=O)C=C3)c2)cc(OC)c1. The van der Waals surface area contributed by atoms with Crippen LogP contribution in [0, 0.1) is 0 Å². The number of rotatable bonds is 8. The maximum Gasteiger partial charge on any atom is 0.251 e. The fourth-order valence-electron chi connectivity index (χ4n) is 3.67. The number of hydrogen-bond donors (Lipinski definition) is 1. The van der Waals surface area contributed by atoms with Crippen LogP contribution in [0.3, 0.4) is 0 Å². The number of ether oxygens (including phenoxy) is 2. The largest absolute Gasteiger partial charge is 0.497 e. The first kappa shape index (κ1) is 22.1. The summed E-state index contributed by atoms with van der Waals surface area (Å²) in [6, 6.07) is 11.3. The molecule has 0 saturated carbocycles. The zero-order valence-corrected chi connectivity index (χ0v) is 18.6. The van der Waals surface area contributed by atoms with Crippen LogP contribution in [-0.2, 0) is 17.9 Å². The van der Waals surface area contributed by atoms with Gasteiger partial charge in [-0.05, 0) is 58.7 Å².